The quantitative estimate of drug-likeness (QED) is 0.792. The van der Waals surface area contributed by atoms with Gasteiger partial charge in [-0.05, 0) is 18.2 Å². The molecular weight excluding hydrogens is 348 g/mol. The number of nitrogens with zero attached hydrogens (tertiary/aromatic N) is 3. The smallest absolute Gasteiger partial charge is 0.273 e. The molecule has 0 radical (unpaired) electrons. The Bertz CT molecular complexity index is 678. The van der Waals surface area contributed by atoms with Crippen LogP contribution in [0.25, 0.3) is 0 Å². The van der Waals surface area contributed by atoms with E-state index < -0.39 is 11.6 Å². The molecular formula is C13H10BrF2N3O2. The van der Waals surface area contributed by atoms with Crippen LogP contribution < -0.4 is 4.74 Å². The van der Waals surface area contributed by atoms with Crippen LogP contribution in [0.3, 0.4) is 0 Å². The molecule has 1 heterocycles. The van der Waals surface area contributed by atoms with Crippen LogP contribution in [-0.4, -0.2) is 35.1 Å². The summed E-state index contributed by atoms with van der Waals surface area (Å²) in [4.78, 5) is 13.0. The SMILES string of the molecule is CN(C)C(=O)c1ccc(Oc2cc(Br)cc(F)c2F)nn1. The van der Waals surface area contributed by atoms with E-state index in [4.69, 9.17) is 4.74 Å². The summed E-state index contributed by atoms with van der Waals surface area (Å²) in [5.41, 5.74) is 0.119. The van der Waals surface area contributed by atoms with Gasteiger partial charge < -0.3 is 9.64 Å². The summed E-state index contributed by atoms with van der Waals surface area (Å²) >= 11 is 3.03. The van der Waals surface area contributed by atoms with E-state index in [1.54, 1.807) is 14.1 Å². The van der Waals surface area contributed by atoms with Crippen LogP contribution in [0, 0.1) is 11.6 Å². The van der Waals surface area contributed by atoms with Crippen molar-refractivity contribution in [2.45, 2.75) is 0 Å². The zero-order valence-corrected chi connectivity index (χ0v) is 12.7. The predicted molar refractivity (Wildman–Crippen MR) is 74.2 cm³/mol. The number of aromatic nitrogens is 2. The molecule has 0 aliphatic rings. The molecule has 2 rings (SSSR count). The Morgan fingerprint density at radius 1 is 1.24 bits per heavy atom. The van der Waals surface area contributed by atoms with Crippen molar-refractivity contribution in [3.63, 3.8) is 0 Å². The summed E-state index contributed by atoms with van der Waals surface area (Å²) in [7, 11) is 3.15. The molecule has 1 aromatic heterocycles. The molecule has 1 amide bonds. The van der Waals surface area contributed by atoms with Gasteiger partial charge in [0.2, 0.25) is 11.7 Å². The van der Waals surface area contributed by atoms with Crippen LogP contribution in [0.2, 0.25) is 0 Å². The predicted octanol–water partition coefficient (Wildman–Crippen LogP) is 3.01. The zero-order valence-electron chi connectivity index (χ0n) is 11.1. The van der Waals surface area contributed by atoms with Gasteiger partial charge in [-0.2, -0.15) is 4.39 Å². The van der Waals surface area contributed by atoms with E-state index in [9.17, 15) is 13.6 Å². The number of halogens is 3. The molecule has 0 aliphatic heterocycles. The van der Waals surface area contributed by atoms with Gasteiger partial charge in [0.05, 0.1) is 0 Å². The Morgan fingerprint density at radius 2 is 1.95 bits per heavy atom. The van der Waals surface area contributed by atoms with Crippen LogP contribution in [0.4, 0.5) is 8.78 Å². The molecule has 21 heavy (non-hydrogen) atoms. The Labute approximate surface area is 127 Å². The van der Waals surface area contributed by atoms with Gasteiger partial charge in [0.15, 0.2) is 17.3 Å². The number of ether oxygens (including phenoxy) is 1. The standard InChI is InChI=1S/C13H10BrF2N3O2/c1-19(2)13(20)9-3-4-11(18-17-9)21-10-6-7(14)5-8(15)12(10)16/h3-6H,1-2H3. The molecule has 0 aliphatic carbocycles. The van der Waals surface area contributed by atoms with Gasteiger partial charge >= 0.3 is 0 Å². The third-order valence-corrected chi connectivity index (χ3v) is 2.90. The number of carbonyl (C=O) groups excluding carboxylic acids is 1. The number of carbonyl (C=O) groups is 1. The minimum atomic E-state index is -1.13. The van der Waals surface area contributed by atoms with Crippen LogP contribution in [0.1, 0.15) is 10.5 Å². The zero-order chi connectivity index (χ0) is 15.6. The lowest BCUT2D eigenvalue weighted by Crippen LogP contribution is -2.23. The Hall–Kier alpha value is -2.09. The van der Waals surface area contributed by atoms with Crippen LogP contribution in [0.5, 0.6) is 11.6 Å². The largest absolute Gasteiger partial charge is 0.434 e. The fourth-order valence-corrected chi connectivity index (χ4v) is 1.85. The number of hydrogen-bond donors (Lipinski definition) is 0. The van der Waals surface area contributed by atoms with Crippen molar-refractivity contribution < 1.29 is 18.3 Å². The van der Waals surface area contributed by atoms with Gasteiger partial charge in [0, 0.05) is 24.6 Å². The molecule has 0 fully saturated rings. The highest BCUT2D eigenvalue weighted by molar-refractivity contribution is 9.10. The average molecular weight is 358 g/mol. The van der Waals surface area contributed by atoms with E-state index in [-0.39, 0.29) is 23.2 Å². The second-order valence-electron chi connectivity index (χ2n) is 4.26. The molecule has 110 valence electrons. The lowest BCUT2D eigenvalue weighted by Gasteiger charge is -2.09. The fraction of sp³-hybridized carbons (Fsp3) is 0.154. The normalized spacial score (nSPS) is 10.3. The summed E-state index contributed by atoms with van der Waals surface area (Å²) in [5.74, 6) is -2.89. The minimum absolute atomic E-state index is 0.0540. The average Bonchev–Trinajstić information content (AvgIpc) is 2.44. The third kappa shape index (κ3) is 3.52. The summed E-state index contributed by atoms with van der Waals surface area (Å²) in [6, 6.07) is 4.98. The minimum Gasteiger partial charge on any atom is -0.434 e. The first-order chi connectivity index (χ1) is 9.88. The van der Waals surface area contributed by atoms with Gasteiger partial charge in [0.1, 0.15) is 0 Å². The van der Waals surface area contributed by atoms with E-state index in [2.05, 4.69) is 26.1 Å². The van der Waals surface area contributed by atoms with Crippen LogP contribution in [0.15, 0.2) is 28.7 Å². The Morgan fingerprint density at radius 3 is 2.52 bits per heavy atom. The fourth-order valence-electron chi connectivity index (χ4n) is 1.44. The number of hydrogen-bond acceptors (Lipinski definition) is 4. The lowest BCUT2D eigenvalue weighted by molar-refractivity contribution is 0.0820. The van der Waals surface area contributed by atoms with E-state index in [0.717, 1.165) is 6.07 Å². The van der Waals surface area contributed by atoms with Crippen molar-refractivity contribution in [2.24, 2.45) is 0 Å². The summed E-state index contributed by atoms with van der Waals surface area (Å²) in [6.07, 6.45) is 0. The lowest BCUT2D eigenvalue weighted by atomic mass is 10.3. The van der Waals surface area contributed by atoms with Crippen LogP contribution in [-0.2, 0) is 0 Å². The molecule has 0 unspecified atom stereocenters. The third-order valence-electron chi connectivity index (χ3n) is 2.44. The molecule has 2 aromatic rings. The van der Waals surface area contributed by atoms with Crippen molar-refractivity contribution in [3.8, 4) is 11.6 Å². The van der Waals surface area contributed by atoms with Gasteiger partial charge in [-0.15, -0.1) is 10.2 Å². The molecule has 1 aromatic carbocycles. The maximum atomic E-state index is 13.6. The van der Waals surface area contributed by atoms with Crippen molar-refractivity contribution in [3.05, 3.63) is 46.1 Å². The van der Waals surface area contributed by atoms with E-state index in [1.807, 2.05) is 0 Å². The van der Waals surface area contributed by atoms with Crippen molar-refractivity contribution in [1.29, 1.82) is 0 Å². The second-order valence-corrected chi connectivity index (χ2v) is 5.17. The van der Waals surface area contributed by atoms with E-state index >= 15 is 0 Å². The van der Waals surface area contributed by atoms with Crippen molar-refractivity contribution in [2.75, 3.05) is 14.1 Å². The monoisotopic (exact) mass is 357 g/mol. The molecule has 0 N–H and O–H groups in total. The number of amides is 1. The highest BCUT2D eigenvalue weighted by atomic mass is 79.9. The molecule has 0 bridgehead atoms. The molecule has 5 nitrogen and oxygen atoms in total. The first-order valence-electron chi connectivity index (χ1n) is 5.76. The number of rotatable bonds is 3. The van der Waals surface area contributed by atoms with Crippen molar-refractivity contribution >= 4 is 21.8 Å². The summed E-state index contributed by atoms with van der Waals surface area (Å²) < 4.78 is 32.2. The highest BCUT2D eigenvalue weighted by Gasteiger charge is 2.14. The molecule has 0 spiro atoms. The highest BCUT2D eigenvalue weighted by Crippen LogP contribution is 2.28. The molecule has 0 saturated carbocycles. The molecule has 0 saturated heterocycles. The van der Waals surface area contributed by atoms with Gasteiger partial charge in [0.25, 0.3) is 5.91 Å². The topological polar surface area (TPSA) is 55.3 Å². The first-order valence-corrected chi connectivity index (χ1v) is 6.55. The van der Waals surface area contributed by atoms with E-state index in [0.29, 0.717) is 4.47 Å². The number of benzene rings is 1. The van der Waals surface area contributed by atoms with Gasteiger partial charge in [-0.3, -0.25) is 4.79 Å². The van der Waals surface area contributed by atoms with Crippen LogP contribution >= 0.6 is 15.9 Å². The maximum absolute atomic E-state index is 13.6. The second kappa shape index (κ2) is 6.13. The molecule has 8 heteroatoms. The molecule has 0 atom stereocenters. The van der Waals surface area contributed by atoms with Gasteiger partial charge in [-0.25, -0.2) is 4.39 Å². The summed E-state index contributed by atoms with van der Waals surface area (Å²) in [5, 5.41) is 7.33. The first kappa shape index (κ1) is 15.3. The maximum Gasteiger partial charge on any atom is 0.273 e. The van der Waals surface area contributed by atoms with Crippen molar-refractivity contribution in [1.82, 2.24) is 15.1 Å². The Kier molecular flexibility index (Phi) is 4.46. The Balaban J connectivity index is 2.23. The van der Waals surface area contributed by atoms with Gasteiger partial charge in [-0.1, -0.05) is 15.9 Å². The van der Waals surface area contributed by atoms with E-state index in [1.165, 1.54) is 23.1 Å². The summed E-state index contributed by atoms with van der Waals surface area (Å²) in [6.45, 7) is 0.